The number of hydrogen-bond acceptors (Lipinski definition) is 1. The normalized spacial score (nSPS) is 11.8. The van der Waals surface area contributed by atoms with Crippen LogP contribution in [0.1, 0.15) is 49.8 Å². The molecule has 0 aliphatic rings. The average Bonchev–Trinajstić information content (AvgIpc) is 2.49. The standard InChI is InChI=1S/C21H29N/c1-7-8-9-19(15(2)3)12-17(6)21-13-18(14-22)10-11-20(21)16(4)5/h7,10-11,13,19H,1-2,4,6,8-9,12,14,22H2,3,5H3. The Morgan fingerprint density at radius 3 is 2.36 bits per heavy atom. The molecule has 1 aromatic carbocycles. The van der Waals surface area contributed by atoms with Gasteiger partial charge in [-0.25, -0.2) is 0 Å². The van der Waals surface area contributed by atoms with Crippen molar-refractivity contribution < 1.29 is 0 Å². The highest BCUT2D eigenvalue weighted by molar-refractivity contribution is 5.78. The van der Waals surface area contributed by atoms with Gasteiger partial charge in [0.1, 0.15) is 0 Å². The first-order valence-corrected chi connectivity index (χ1v) is 7.84. The van der Waals surface area contributed by atoms with E-state index in [-0.39, 0.29) is 0 Å². The van der Waals surface area contributed by atoms with Crippen LogP contribution in [0.2, 0.25) is 0 Å². The van der Waals surface area contributed by atoms with Crippen molar-refractivity contribution in [1.82, 2.24) is 0 Å². The molecule has 1 unspecified atom stereocenters. The topological polar surface area (TPSA) is 26.0 Å². The molecule has 1 rings (SSSR count). The maximum Gasteiger partial charge on any atom is 0.0178 e. The van der Waals surface area contributed by atoms with Crippen LogP contribution in [0.5, 0.6) is 0 Å². The fourth-order valence-corrected chi connectivity index (χ4v) is 2.63. The van der Waals surface area contributed by atoms with E-state index in [1.807, 2.05) is 13.0 Å². The van der Waals surface area contributed by atoms with E-state index in [0.29, 0.717) is 12.5 Å². The predicted octanol–water partition coefficient (Wildman–Crippen LogP) is 5.74. The highest BCUT2D eigenvalue weighted by atomic mass is 14.5. The van der Waals surface area contributed by atoms with Crippen LogP contribution in [0.3, 0.4) is 0 Å². The molecule has 0 radical (unpaired) electrons. The Kier molecular flexibility index (Phi) is 7.07. The zero-order chi connectivity index (χ0) is 16.7. The third kappa shape index (κ3) is 4.85. The van der Waals surface area contributed by atoms with Crippen LogP contribution in [-0.4, -0.2) is 0 Å². The average molecular weight is 295 g/mol. The van der Waals surface area contributed by atoms with Gasteiger partial charge in [0, 0.05) is 6.54 Å². The molecule has 0 saturated heterocycles. The zero-order valence-corrected chi connectivity index (χ0v) is 14.1. The molecule has 0 fully saturated rings. The van der Waals surface area contributed by atoms with Gasteiger partial charge in [-0.1, -0.05) is 49.1 Å². The largest absolute Gasteiger partial charge is 0.326 e. The second kappa shape index (κ2) is 8.55. The van der Waals surface area contributed by atoms with Crippen molar-refractivity contribution in [2.45, 2.75) is 39.7 Å². The maximum absolute atomic E-state index is 5.78. The smallest absolute Gasteiger partial charge is 0.0178 e. The monoisotopic (exact) mass is 295 g/mol. The zero-order valence-electron chi connectivity index (χ0n) is 14.1. The molecule has 1 nitrogen and oxygen atoms in total. The lowest BCUT2D eigenvalue weighted by Crippen LogP contribution is -2.05. The van der Waals surface area contributed by atoms with E-state index in [0.717, 1.165) is 41.5 Å². The van der Waals surface area contributed by atoms with Crippen LogP contribution in [-0.2, 0) is 6.54 Å². The predicted molar refractivity (Wildman–Crippen MR) is 100 cm³/mol. The SMILES string of the molecule is C=CCCC(CC(=C)c1cc(CN)ccc1C(=C)C)C(=C)C. The molecule has 0 spiro atoms. The lowest BCUT2D eigenvalue weighted by atomic mass is 9.85. The molecule has 0 saturated carbocycles. The molecule has 22 heavy (non-hydrogen) atoms. The summed E-state index contributed by atoms with van der Waals surface area (Å²) in [5.41, 5.74) is 12.6. The van der Waals surface area contributed by atoms with E-state index in [1.165, 1.54) is 11.1 Å². The summed E-state index contributed by atoms with van der Waals surface area (Å²) < 4.78 is 0. The minimum atomic E-state index is 0.435. The molecule has 0 bridgehead atoms. The van der Waals surface area contributed by atoms with E-state index in [4.69, 9.17) is 5.73 Å². The summed E-state index contributed by atoms with van der Waals surface area (Å²) in [6.45, 7) is 21.0. The molecular formula is C21H29N. The van der Waals surface area contributed by atoms with Gasteiger partial charge in [-0.3, -0.25) is 0 Å². The number of nitrogens with two attached hydrogens (primary N) is 1. The van der Waals surface area contributed by atoms with Crippen LogP contribution in [0.4, 0.5) is 0 Å². The lowest BCUT2D eigenvalue weighted by molar-refractivity contribution is 0.582. The van der Waals surface area contributed by atoms with Crippen LogP contribution >= 0.6 is 0 Å². The van der Waals surface area contributed by atoms with Gasteiger partial charge >= 0.3 is 0 Å². The van der Waals surface area contributed by atoms with Crippen LogP contribution in [0.25, 0.3) is 11.1 Å². The molecule has 1 atom stereocenters. The van der Waals surface area contributed by atoms with E-state index in [1.54, 1.807) is 0 Å². The summed E-state index contributed by atoms with van der Waals surface area (Å²) in [7, 11) is 0. The third-order valence-corrected chi connectivity index (χ3v) is 4.07. The van der Waals surface area contributed by atoms with Gasteiger partial charge in [0.15, 0.2) is 0 Å². The van der Waals surface area contributed by atoms with Crippen molar-refractivity contribution in [3.63, 3.8) is 0 Å². The molecule has 0 aliphatic heterocycles. The molecule has 1 aromatic rings. The molecule has 0 heterocycles. The van der Waals surface area contributed by atoms with Crippen molar-refractivity contribution in [2.24, 2.45) is 11.7 Å². The maximum atomic E-state index is 5.78. The van der Waals surface area contributed by atoms with Gasteiger partial charge < -0.3 is 5.73 Å². The highest BCUT2D eigenvalue weighted by Gasteiger charge is 2.14. The van der Waals surface area contributed by atoms with Gasteiger partial charge in [-0.2, -0.15) is 0 Å². The van der Waals surface area contributed by atoms with E-state index in [9.17, 15) is 0 Å². The van der Waals surface area contributed by atoms with E-state index >= 15 is 0 Å². The highest BCUT2D eigenvalue weighted by Crippen LogP contribution is 2.32. The van der Waals surface area contributed by atoms with E-state index < -0.39 is 0 Å². The van der Waals surface area contributed by atoms with Crippen molar-refractivity contribution in [3.8, 4) is 0 Å². The minimum Gasteiger partial charge on any atom is -0.326 e. The Bertz CT molecular complexity index is 578. The fourth-order valence-electron chi connectivity index (χ4n) is 2.63. The lowest BCUT2D eigenvalue weighted by Gasteiger charge is -2.20. The van der Waals surface area contributed by atoms with E-state index in [2.05, 4.69) is 51.4 Å². The molecule has 2 N–H and O–H groups in total. The van der Waals surface area contributed by atoms with Gasteiger partial charge in [-0.05, 0) is 67.4 Å². The Balaban J connectivity index is 3.06. The minimum absolute atomic E-state index is 0.435. The van der Waals surface area contributed by atoms with Crippen molar-refractivity contribution in [3.05, 3.63) is 72.9 Å². The molecule has 0 amide bonds. The summed E-state index contributed by atoms with van der Waals surface area (Å²) in [5, 5.41) is 0. The van der Waals surface area contributed by atoms with Crippen molar-refractivity contribution >= 4 is 11.1 Å². The third-order valence-electron chi connectivity index (χ3n) is 4.07. The number of rotatable bonds is 9. The first-order chi connectivity index (χ1) is 10.4. The summed E-state index contributed by atoms with van der Waals surface area (Å²) in [5.74, 6) is 0.435. The Hall–Kier alpha value is -1.86. The quantitative estimate of drug-likeness (QED) is 0.577. The molecule has 118 valence electrons. The first kappa shape index (κ1) is 18.2. The Morgan fingerprint density at radius 1 is 1.18 bits per heavy atom. The van der Waals surface area contributed by atoms with Crippen LogP contribution < -0.4 is 5.73 Å². The van der Waals surface area contributed by atoms with Gasteiger partial charge in [0.2, 0.25) is 0 Å². The molecular weight excluding hydrogens is 266 g/mol. The summed E-state index contributed by atoms with van der Waals surface area (Å²) in [4.78, 5) is 0. The fraction of sp³-hybridized carbons (Fsp3) is 0.333. The second-order valence-electron chi connectivity index (χ2n) is 6.08. The second-order valence-corrected chi connectivity index (χ2v) is 6.08. The van der Waals surface area contributed by atoms with Gasteiger partial charge in [0.05, 0.1) is 0 Å². The van der Waals surface area contributed by atoms with Gasteiger partial charge in [0.25, 0.3) is 0 Å². The Labute approximate surface area is 135 Å². The number of allylic oxidation sites excluding steroid dienone is 4. The number of benzene rings is 1. The molecule has 0 aliphatic carbocycles. The van der Waals surface area contributed by atoms with Crippen molar-refractivity contribution in [1.29, 1.82) is 0 Å². The summed E-state index contributed by atoms with van der Waals surface area (Å²) in [6.07, 6.45) is 4.95. The van der Waals surface area contributed by atoms with Crippen LogP contribution in [0, 0.1) is 5.92 Å². The Morgan fingerprint density at radius 2 is 1.86 bits per heavy atom. The van der Waals surface area contributed by atoms with Gasteiger partial charge in [-0.15, -0.1) is 6.58 Å². The first-order valence-electron chi connectivity index (χ1n) is 7.84. The van der Waals surface area contributed by atoms with Crippen LogP contribution in [0.15, 0.2) is 56.2 Å². The van der Waals surface area contributed by atoms with Crippen molar-refractivity contribution in [2.75, 3.05) is 0 Å². The summed E-state index contributed by atoms with van der Waals surface area (Å²) in [6, 6.07) is 6.31. The molecule has 1 heteroatoms. The summed E-state index contributed by atoms with van der Waals surface area (Å²) >= 11 is 0. The molecule has 0 aromatic heterocycles. The number of hydrogen-bond donors (Lipinski definition) is 1.